The average Bonchev–Trinajstić information content (AvgIpc) is 2.28. The predicted octanol–water partition coefficient (Wildman–Crippen LogP) is -9.89. The van der Waals surface area contributed by atoms with Gasteiger partial charge in [0.2, 0.25) is 0 Å². The minimum Gasteiger partial charge on any atom is -1.00 e. The van der Waals surface area contributed by atoms with Crippen molar-refractivity contribution in [3.8, 4) is 0 Å². The number of quaternary nitrogens is 1. The number of rotatable bonds is 7. The number of hydrogen-bond acceptors (Lipinski definition) is 4. The molecule has 5 nitrogen and oxygen atoms in total. The number of hydrogen-bond donors (Lipinski definition) is 4. The molecule has 0 radical (unpaired) electrons. The number of likely N-dealkylation sites (N-methyl/N-ethyl adjacent to an activating group) is 1. The predicted molar refractivity (Wildman–Crippen MR) is 70.4 cm³/mol. The molecule has 0 atom stereocenters. The van der Waals surface area contributed by atoms with Gasteiger partial charge in [0, 0.05) is 0 Å². The van der Waals surface area contributed by atoms with Crippen LogP contribution in [0, 0.1) is 0 Å². The van der Waals surface area contributed by atoms with E-state index >= 15 is 0 Å². The van der Waals surface area contributed by atoms with Crippen LogP contribution in [0.2, 0.25) is 0 Å². The van der Waals surface area contributed by atoms with Crippen molar-refractivity contribution in [1.29, 1.82) is 0 Å². The Labute approximate surface area is 157 Å². The van der Waals surface area contributed by atoms with Gasteiger partial charge in [0.1, 0.15) is 0 Å². The topological polar surface area (TPSA) is 86.7 Å². The summed E-state index contributed by atoms with van der Waals surface area (Å²) in [7, 11) is 4.31. The van der Waals surface area contributed by atoms with E-state index in [0.29, 0.717) is 0 Å². The molecule has 20 heavy (non-hydrogen) atoms. The fraction of sp³-hybridized carbons (Fsp3) is 0.667. The molecule has 0 spiro atoms. The van der Waals surface area contributed by atoms with Gasteiger partial charge >= 0.3 is 29.6 Å². The number of nitrogens with zero attached hydrogens (tertiary/aromatic N) is 1. The second-order valence-corrected chi connectivity index (χ2v) is 4.71. The average molecular weight is 341 g/mol. The first-order valence-electron chi connectivity index (χ1n) is 5.46. The van der Waals surface area contributed by atoms with Gasteiger partial charge in [-0.2, -0.15) is 0 Å². The third-order valence-electron chi connectivity index (χ3n) is 2.19. The van der Waals surface area contributed by atoms with Gasteiger partial charge < -0.3 is 50.4 Å². The van der Waals surface area contributed by atoms with Crippen molar-refractivity contribution >= 4 is 0 Å². The maximum Gasteiger partial charge on any atom is 1.00 e. The monoisotopic (exact) mass is 340 g/mol. The van der Waals surface area contributed by atoms with Gasteiger partial charge in [0.05, 0.1) is 52.5 Å². The first-order valence-corrected chi connectivity index (χ1v) is 5.46. The summed E-state index contributed by atoms with van der Waals surface area (Å²) < 4.78 is 0.951. The second kappa shape index (κ2) is 17.9. The molecule has 0 aromatic heterocycles. The van der Waals surface area contributed by atoms with Crippen LogP contribution in [0.25, 0.3) is 0 Å². The maximum absolute atomic E-state index is 8.34. The first kappa shape index (κ1) is 32.7. The third-order valence-corrected chi connectivity index (χ3v) is 2.19. The quantitative estimate of drug-likeness (QED) is 0.210. The molecule has 0 aromatic carbocycles. The van der Waals surface area contributed by atoms with Crippen LogP contribution in [0.5, 0.6) is 0 Å². The Balaban J connectivity index is -0.0000000655. The minimum absolute atomic E-state index is 0. The van der Waals surface area contributed by atoms with E-state index in [4.69, 9.17) is 21.1 Å². The van der Waals surface area contributed by atoms with E-state index in [0.717, 1.165) is 17.6 Å². The molecule has 118 valence electrons. The van der Waals surface area contributed by atoms with Crippen LogP contribution in [0.4, 0.5) is 0 Å². The van der Waals surface area contributed by atoms with Gasteiger partial charge in [-0.3, -0.25) is 0 Å². The molecule has 0 saturated heterocycles. The van der Waals surface area contributed by atoms with E-state index in [-0.39, 0.29) is 54.4 Å². The zero-order chi connectivity index (χ0) is 13.9. The van der Waals surface area contributed by atoms with Crippen LogP contribution < -0.4 is 60.1 Å². The zero-order valence-electron chi connectivity index (χ0n) is 12.7. The molecule has 0 unspecified atom stereocenters. The summed E-state index contributed by atoms with van der Waals surface area (Å²) in [4.78, 5) is 0. The molecule has 0 aliphatic carbocycles. The molecule has 0 aromatic rings. The summed E-state index contributed by atoms with van der Waals surface area (Å²) in [6, 6.07) is 0. The Bertz CT molecular complexity index is 208. The Hall–Kier alpha value is 0.860. The summed E-state index contributed by atoms with van der Waals surface area (Å²) in [5.41, 5.74) is 3.94. The third kappa shape index (κ3) is 18.9. The number of aliphatic hydroxyl groups excluding tert-OH is 3. The molecule has 0 amide bonds. The fourth-order valence-corrected chi connectivity index (χ4v) is 0.924. The Morgan fingerprint density at radius 2 is 1.20 bits per heavy atom. The van der Waals surface area contributed by atoms with Gasteiger partial charge in [0.25, 0.3) is 0 Å². The molecule has 0 heterocycles. The van der Waals surface area contributed by atoms with Crippen molar-refractivity contribution in [1.82, 2.24) is 0 Å². The van der Waals surface area contributed by atoms with Crippen LogP contribution in [0.15, 0.2) is 25.3 Å². The van der Waals surface area contributed by atoms with Gasteiger partial charge in [-0.05, 0) is 12.2 Å². The summed E-state index contributed by atoms with van der Waals surface area (Å²) in [5, 5.41) is 25.0. The van der Waals surface area contributed by atoms with E-state index < -0.39 is 25.4 Å². The Morgan fingerprint density at radius 1 is 0.950 bits per heavy atom. The molecule has 0 saturated carbocycles. The van der Waals surface area contributed by atoms with Crippen LogP contribution in [-0.2, 0) is 0 Å². The van der Waals surface area contributed by atoms with Crippen LogP contribution >= 0.6 is 0 Å². The summed E-state index contributed by atoms with van der Waals surface area (Å²) in [6.07, 6.45) is 3.87. The van der Waals surface area contributed by atoms with Crippen molar-refractivity contribution in [3.63, 3.8) is 0 Å². The first-order chi connectivity index (χ1) is 7.80. The Morgan fingerprint density at radius 3 is 1.30 bits per heavy atom. The molecule has 0 rings (SSSR count). The number of aliphatic hydroxyl groups is 3. The van der Waals surface area contributed by atoms with E-state index in [1.165, 1.54) is 0 Å². The van der Waals surface area contributed by atoms with E-state index in [1.54, 1.807) is 0 Å². The van der Waals surface area contributed by atoms with E-state index in [9.17, 15) is 0 Å². The van der Waals surface area contributed by atoms with E-state index in [2.05, 4.69) is 27.3 Å². The van der Waals surface area contributed by atoms with Gasteiger partial charge in [-0.25, -0.2) is 0 Å². The SMILES string of the molecule is C=CC[N+](C)(C)CC=C.NC(CO)(CO)CO.[Cl-].[Cl-].[Na+]. The number of nitrogens with two attached hydrogens (primary N) is 1. The standard InChI is InChI=1S/C8H16N.C4H11NO3.2ClH.Na/c1-5-7-9(3,4)8-6-2;5-4(1-6,2-7)3-8;;;/h5-6H,1-2,7-8H2,3-4H3;6-8H,1-3,5H2;2*1H;/q+1;;;;+1/p-2. The zero-order valence-corrected chi connectivity index (χ0v) is 16.2. The van der Waals surface area contributed by atoms with Crippen molar-refractivity contribution in [3.05, 3.63) is 25.3 Å². The Kier molecular flexibility index (Phi) is 29.3. The molecule has 0 aliphatic rings. The van der Waals surface area contributed by atoms with Crippen molar-refractivity contribution in [2.45, 2.75) is 5.54 Å². The normalized spacial score (nSPS) is 9.70. The fourth-order valence-electron chi connectivity index (χ4n) is 0.924. The summed E-state index contributed by atoms with van der Waals surface area (Å²) >= 11 is 0. The van der Waals surface area contributed by atoms with Gasteiger partial charge in [0.15, 0.2) is 0 Å². The van der Waals surface area contributed by atoms with Gasteiger partial charge in [-0.15, -0.1) is 0 Å². The van der Waals surface area contributed by atoms with Crippen LogP contribution in [0.1, 0.15) is 0 Å². The van der Waals surface area contributed by atoms with Crippen LogP contribution in [0.3, 0.4) is 0 Å². The van der Waals surface area contributed by atoms with E-state index in [1.807, 2.05) is 12.2 Å². The molecule has 0 aliphatic heterocycles. The maximum atomic E-state index is 8.34. The molecule has 0 fully saturated rings. The summed E-state index contributed by atoms with van der Waals surface area (Å²) in [6.45, 7) is 8.16. The van der Waals surface area contributed by atoms with Crippen LogP contribution in [-0.4, -0.2) is 72.3 Å². The number of halogens is 2. The second-order valence-electron chi connectivity index (χ2n) is 4.71. The smallest absolute Gasteiger partial charge is 1.00 e. The molecule has 5 N–H and O–H groups in total. The van der Waals surface area contributed by atoms with Crippen molar-refractivity contribution in [2.75, 3.05) is 47.0 Å². The molecule has 0 bridgehead atoms. The molecule has 8 heteroatoms. The molecular formula is C12H27Cl2N2NaO3. The minimum atomic E-state index is -1.21. The van der Waals surface area contributed by atoms with Crippen molar-refractivity contribution in [2.24, 2.45) is 5.73 Å². The summed E-state index contributed by atoms with van der Waals surface area (Å²) in [5.74, 6) is 0. The van der Waals surface area contributed by atoms with Crippen molar-refractivity contribution < 1.29 is 74.2 Å². The molecular weight excluding hydrogens is 314 g/mol. The largest absolute Gasteiger partial charge is 1.00 e. The van der Waals surface area contributed by atoms with Gasteiger partial charge in [-0.1, -0.05) is 13.2 Å².